The molecule has 0 bridgehead atoms. The van der Waals surface area contributed by atoms with Crippen molar-refractivity contribution in [3.8, 4) is 0 Å². The Morgan fingerprint density at radius 2 is 2.08 bits per heavy atom. The molecule has 0 aromatic rings. The first-order valence-electron chi connectivity index (χ1n) is 4.66. The average molecular weight is 184 g/mol. The third-order valence-electron chi connectivity index (χ3n) is 2.43. The lowest BCUT2D eigenvalue weighted by Gasteiger charge is -2.28. The monoisotopic (exact) mass is 184 g/mol. The van der Waals surface area contributed by atoms with Crippen LogP contribution in [-0.2, 0) is 0 Å². The number of hydrogen-bond donors (Lipinski definition) is 1. The minimum absolute atomic E-state index is 0.0380. The van der Waals surface area contributed by atoms with Gasteiger partial charge >= 0.3 is 0 Å². The fourth-order valence-corrected chi connectivity index (χ4v) is 1.76. The summed E-state index contributed by atoms with van der Waals surface area (Å²) in [6.45, 7) is 5.97. The maximum absolute atomic E-state index is 13.3. The molecule has 1 N–H and O–H groups in total. The highest BCUT2D eigenvalue weighted by Gasteiger charge is 2.24. The molecule has 1 aliphatic rings. The summed E-state index contributed by atoms with van der Waals surface area (Å²) in [5.74, 6) is -0.237. The van der Waals surface area contributed by atoms with E-state index in [1.165, 1.54) is 0 Å². The van der Waals surface area contributed by atoms with Crippen LogP contribution >= 0.6 is 0 Å². The SMILES string of the molecule is CC(C)(C)C1=C(CO)C(F)=CCC1. The normalized spacial score (nSPS) is 19.0. The van der Waals surface area contributed by atoms with Crippen LogP contribution in [0, 0.1) is 5.41 Å². The molecule has 1 nitrogen and oxygen atoms in total. The molecule has 13 heavy (non-hydrogen) atoms. The van der Waals surface area contributed by atoms with E-state index in [1.54, 1.807) is 6.08 Å². The molecule has 0 radical (unpaired) electrons. The van der Waals surface area contributed by atoms with Gasteiger partial charge in [-0.2, -0.15) is 0 Å². The Morgan fingerprint density at radius 3 is 2.46 bits per heavy atom. The fraction of sp³-hybridized carbons (Fsp3) is 0.636. The van der Waals surface area contributed by atoms with Crippen LogP contribution in [0.1, 0.15) is 33.6 Å². The Hall–Kier alpha value is -0.630. The van der Waals surface area contributed by atoms with Crippen LogP contribution in [0.15, 0.2) is 23.0 Å². The third-order valence-corrected chi connectivity index (χ3v) is 2.43. The number of hydrogen-bond acceptors (Lipinski definition) is 1. The molecule has 0 fully saturated rings. The quantitative estimate of drug-likeness (QED) is 0.664. The lowest BCUT2D eigenvalue weighted by atomic mass is 9.78. The molecule has 0 heterocycles. The van der Waals surface area contributed by atoms with E-state index >= 15 is 0 Å². The zero-order valence-corrected chi connectivity index (χ0v) is 8.52. The summed E-state index contributed by atoms with van der Waals surface area (Å²) in [5.41, 5.74) is 1.51. The predicted molar refractivity (Wildman–Crippen MR) is 52.0 cm³/mol. The molecular weight excluding hydrogens is 167 g/mol. The second-order valence-corrected chi connectivity index (χ2v) is 4.46. The van der Waals surface area contributed by atoms with Crippen molar-refractivity contribution in [3.05, 3.63) is 23.0 Å². The molecule has 0 unspecified atom stereocenters. The van der Waals surface area contributed by atoms with Crippen LogP contribution in [0.5, 0.6) is 0 Å². The van der Waals surface area contributed by atoms with Crippen molar-refractivity contribution in [2.75, 3.05) is 6.61 Å². The van der Waals surface area contributed by atoms with Gasteiger partial charge in [0.05, 0.1) is 6.61 Å². The van der Waals surface area contributed by atoms with Gasteiger partial charge in [-0.25, -0.2) is 4.39 Å². The number of allylic oxidation sites excluding steroid dienone is 2. The predicted octanol–water partition coefficient (Wildman–Crippen LogP) is 2.97. The zero-order chi connectivity index (χ0) is 10.1. The number of aliphatic hydroxyl groups is 1. The highest BCUT2D eigenvalue weighted by atomic mass is 19.1. The summed E-state index contributed by atoms with van der Waals surface area (Å²) >= 11 is 0. The highest BCUT2D eigenvalue weighted by molar-refractivity contribution is 5.37. The molecule has 0 aliphatic heterocycles. The van der Waals surface area contributed by atoms with E-state index in [9.17, 15) is 4.39 Å². The Morgan fingerprint density at radius 1 is 1.46 bits per heavy atom. The van der Waals surface area contributed by atoms with E-state index in [0.29, 0.717) is 5.57 Å². The first-order chi connectivity index (χ1) is 5.96. The topological polar surface area (TPSA) is 20.2 Å². The Kier molecular flexibility index (Phi) is 2.91. The molecule has 0 aromatic carbocycles. The van der Waals surface area contributed by atoms with Gasteiger partial charge in [0.25, 0.3) is 0 Å². The summed E-state index contributed by atoms with van der Waals surface area (Å²) in [4.78, 5) is 0. The molecule has 0 saturated heterocycles. The maximum atomic E-state index is 13.3. The zero-order valence-electron chi connectivity index (χ0n) is 8.52. The second-order valence-electron chi connectivity index (χ2n) is 4.46. The van der Waals surface area contributed by atoms with Crippen LogP contribution in [-0.4, -0.2) is 11.7 Å². The molecular formula is C11H17FO. The van der Waals surface area contributed by atoms with Crippen molar-refractivity contribution < 1.29 is 9.50 Å². The van der Waals surface area contributed by atoms with E-state index in [0.717, 1.165) is 18.4 Å². The first-order valence-corrected chi connectivity index (χ1v) is 4.66. The lowest BCUT2D eigenvalue weighted by Crippen LogP contribution is -2.16. The molecule has 1 rings (SSSR count). The first kappa shape index (κ1) is 10.5. The molecule has 1 aliphatic carbocycles. The Bertz CT molecular complexity index is 256. The Labute approximate surface area is 79.0 Å². The summed E-state index contributed by atoms with van der Waals surface area (Å²) < 4.78 is 13.3. The van der Waals surface area contributed by atoms with E-state index < -0.39 is 0 Å². The third kappa shape index (κ3) is 2.19. The van der Waals surface area contributed by atoms with Gasteiger partial charge in [-0.15, -0.1) is 0 Å². The number of rotatable bonds is 1. The molecule has 74 valence electrons. The summed E-state index contributed by atoms with van der Waals surface area (Å²) in [6.07, 6.45) is 3.18. The summed E-state index contributed by atoms with van der Waals surface area (Å²) in [6, 6.07) is 0. The van der Waals surface area contributed by atoms with Gasteiger partial charge < -0.3 is 5.11 Å². The van der Waals surface area contributed by atoms with Gasteiger partial charge in [-0.3, -0.25) is 0 Å². The van der Waals surface area contributed by atoms with Gasteiger partial charge in [0, 0.05) is 5.57 Å². The van der Waals surface area contributed by atoms with Crippen molar-refractivity contribution in [3.63, 3.8) is 0 Å². The molecule has 0 amide bonds. The molecule has 0 aromatic heterocycles. The minimum Gasteiger partial charge on any atom is -0.392 e. The molecule has 0 saturated carbocycles. The van der Waals surface area contributed by atoms with E-state index in [-0.39, 0.29) is 17.8 Å². The van der Waals surface area contributed by atoms with Gasteiger partial charge in [0.2, 0.25) is 0 Å². The van der Waals surface area contributed by atoms with Gasteiger partial charge in [-0.1, -0.05) is 26.3 Å². The largest absolute Gasteiger partial charge is 0.392 e. The summed E-state index contributed by atoms with van der Waals surface area (Å²) in [5, 5.41) is 9.06. The fourth-order valence-electron chi connectivity index (χ4n) is 1.76. The maximum Gasteiger partial charge on any atom is 0.124 e. The standard InChI is InChI=1S/C11H17FO/c1-11(2,3)9-5-4-6-10(12)8(9)7-13/h6,13H,4-5,7H2,1-3H3. The molecule has 0 spiro atoms. The van der Waals surface area contributed by atoms with Crippen LogP contribution in [0.3, 0.4) is 0 Å². The molecule has 2 heteroatoms. The van der Waals surface area contributed by atoms with Crippen LogP contribution in [0.2, 0.25) is 0 Å². The Balaban J connectivity index is 3.09. The van der Waals surface area contributed by atoms with Crippen molar-refractivity contribution in [2.24, 2.45) is 5.41 Å². The van der Waals surface area contributed by atoms with Crippen LogP contribution in [0.25, 0.3) is 0 Å². The van der Waals surface area contributed by atoms with E-state index in [2.05, 4.69) is 20.8 Å². The second kappa shape index (κ2) is 3.62. The number of aliphatic hydroxyl groups excluding tert-OH is 1. The van der Waals surface area contributed by atoms with Gasteiger partial charge in [0.15, 0.2) is 0 Å². The van der Waals surface area contributed by atoms with E-state index in [1.807, 2.05) is 0 Å². The molecule has 0 atom stereocenters. The summed E-state index contributed by atoms with van der Waals surface area (Å²) in [7, 11) is 0. The highest BCUT2D eigenvalue weighted by Crippen LogP contribution is 2.37. The smallest absolute Gasteiger partial charge is 0.124 e. The van der Waals surface area contributed by atoms with Gasteiger partial charge in [-0.05, 0) is 24.3 Å². The van der Waals surface area contributed by atoms with Crippen molar-refractivity contribution in [1.82, 2.24) is 0 Å². The lowest BCUT2D eigenvalue weighted by molar-refractivity contribution is 0.318. The minimum atomic E-state index is -0.237. The average Bonchev–Trinajstić information content (AvgIpc) is 2.02. The van der Waals surface area contributed by atoms with E-state index in [4.69, 9.17) is 5.11 Å². The van der Waals surface area contributed by atoms with Crippen molar-refractivity contribution >= 4 is 0 Å². The van der Waals surface area contributed by atoms with Crippen molar-refractivity contribution in [1.29, 1.82) is 0 Å². The van der Waals surface area contributed by atoms with Crippen molar-refractivity contribution in [2.45, 2.75) is 33.6 Å². The van der Waals surface area contributed by atoms with Gasteiger partial charge in [0.1, 0.15) is 5.83 Å². The van der Waals surface area contributed by atoms with Crippen LogP contribution < -0.4 is 0 Å². The number of halogens is 1. The van der Waals surface area contributed by atoms with Crippen LogP contribution in [0.4, 0.5) is 4.39 Å².